The fraction of sp³-hybridized carbons (Fsp3) is 0.292. The minimum Gasteiger partial charge on any atom is -0.488 e. The van der Waals surface area contributed by atoms with Gasteiger partial charge in [-0.2, -0.15) is 18.4 Å². The molecule has 0 radical (unpaired) electrons. The van der Waals surface area contributed by atoms with E-state index >= 15 is 0 Å². The molecule has 2 N–H and O–H groups in total. The molecule has 3 rings (SSSR count). The first-order valence-electron chi connectivity index (χ1n) is 10.8. The number of hydrogen-bond acceptors (Lipinski definition) is 7. The molecule has 0 aliphatic rings. The van der Waals surface area contributed by atoms with E-state index in [2.05, 4.69) is 25.6 Å². The Kier molecular flexibility index (Phi) is 7.93. The smallest absolute Gasteiger partial charge is 0.416 e. The summed E-state index contributed by atoms with van der Waals surface area (Å²) in [5.74, 6) is 0.102. The molecule has 9 nitrogen and oxygen atoms in total. The number of nitriles is 1. The van der Waals surface area contributed by atoms with Gasteiger partial charge in [-0.05, 0) is 44.5 Å². The number of alkyl halides is 3. The second-order valence-corrected chi connectivity index (χ2v) is 7.59. The number of methoxy groups -OCH3 is 1. The van der Waals surface area contributed by atoms with Gasteiger partial charge >= 0.3 is 12.2 Å². The van der Waals surface area contributed by atoms with Crippen molar-refractivity contribution in [2.45, 2.75) is 32.9 Å². The Morgan fingerprint density at radius 1 is 1.19 bits per heavy atom. The first kappa shape index (κ1) is 26.2. The van der Waals surface area contributed by atoms with E-state index in [-0.39, 0.29) is 16.9 Å². The predicted molar refractivity (Wildman–Crippen MR) is 126 cm³/mol. The van der Waals surface area contributed by atoms with Gasteiger partial charge in [0.15, 0.2) is 11.6 Å². The zero-order valence-electron chi connectivity index (χ0n) is 19.9. The highest BCUT2D eigenvalue weighted by atomic mass is 19.4. The highest BCUT2D eigenvalue weighted by molar-refractivity contribution is 6.00. The second kappa shape index (κ2) is 10.9. The first-order chi connectivity index (χ1) is 17.1. The number of urea groups is 1. The van der Waals surface area contributed by atoms with Gasteiger partial charge in [0.05, 0.1) is 48.8 Å². The van der Waals surface area contributed by atoms with Crippen molar-refractivity contribution in [3.63, 3.8) is 0 Å². The zero-order chi connectivity index (χ0) is 26.5. The van der Waals surface area contributed by atoms with Crippen molar-refractivity contribution < 1.29 is 27.4 Å². The average Bonchev–Trinajstić information content (AvgIpc) is 2.84. The molecule has 12 heteroatoms. The molecule has 3 aromatic rings. The molecule has 1 atom stereocenters. The summed E-state index contributed by atoms with van der Waals surface area (Å²) in [6.45, 7) is 5.24. The Hall–Kier alpha value is -4.40. The number of aromatic nitrogens is 3. The standard InChI is InChI=1S/C24H23F3N6O3/c1-5-36-20-8-15(11-30-22(20)35-4)21-29-12-19(14(3)31-21)33-23(34)32-16-6-7-17(13(2)10-28)18(9-16)24(25,26)27/h6-9,11-13H,5H2,1-4H3,(H2,32,33,34). The van der Waals surface area contributed by atoms with Gasteiger partial charge in [-0.15, -0.1) is 0 Å². The number of benzene rings is 1. The van der Waals surface area contributed by atoms with Crippen LogP contribution >= 0.6 is 0 Å². The molecule has 0 bridgehead atoms. The molecule has 0 aliphatic carbocycles. The second-order valence-electron chi connectivity index (χ2n) is 7.59. The maximum atomic E-state index is 13.5. The summed E-state index contributed by atoms with van der Waals surface area (Å²) in [5, 5.41) is 13.9. The summed E-state index contributed by atoms with van der Waals surface area (Å²) >= 11 is 0. The molecule has 1 aromatic carbocycles. The number of hydrogen-bond donors (Lipinski definition) is 2. The third-order valence-electron chi connectivity index (χ3n) is 5.07. The number of pyridine rings is 1. The molecule has 188 valence electrons. The van der Waals surface area contributed by atoms with Crippen molar-refractivity contribution >= 4 is 17.4 Å². The number of ether oxygens (including phenoxy) is 2. The number of rotatable bonds is 7. The van der Waals surface area contributed by atoms with Crippen LogP contribution in [0.4, 0.5) is 29.3 Å². The lowest BCUT2D eigenvalue weighted by Crippen LogP contribution is -2.21. The van der Waals surface area contributed by atoms with Crippen molar-refractivity contribution in [2.75, 3.05) is 24.4 Å². The van der Waals surface area contributed by atoms with E-state index in [4.69, 9.17) is 14.7 Å². The van der Waals surface area contributed by atoms with Crippen LogP contribution in [0, 0.1) is 18.3 Å². The number of aryl methyl sites for hydroxylation is 1. The van der Waals surface area contributed by atoms with E-state index in [1.54, 1.807) is 19.1 Å². The Labute approximate surface area is 205 Å². The maximum Gasteiger partial charge on any atom is 0.416 e. The van der Waals surface area contributed by atoms with Gasteiger partial charge in [0.2, 0.25) is 0 Å². The van der Waals surface area contributed by atoms with Crippen LogP contribution in [-0.4, -0.2) is 34.7 Å². The van der Waals surface area contributed by atoms with Crippen molar-refractivity contribution in [1.29, 1.82) is 5.26 Å². The summed E-state index contributed by atoms with van der Waals surface area (Å²) in [5.41, 5.74) is -0.0120. The molecule has 2 amide bonds. The van der Waals surface area contributed by atoms with Crippen LogP contribution in [-0.2, 0) is 6.18 Å². The topological polar surface area (TPSA) is 122 Å². The number of amides is 2. The number of nitrogens with zero attached hydrogens (tertiary/aromatic N) is 4. The zero-order valence-corrected chi connectivity index (χ0v) is 19.9. The third-order valence-corrected chi connectivity index (χ3v) is 5.07. The molecule has 2 aromatic heterocycles. The molecule has 0 saturated heterocycles. The predicted octanol–water partition coefficient (Wildman–Crippen LogP) is 5.54. The first-order valence-corrected chi connectivity index (χ1v) is 10.8. The lowest BCUT2D eigenvalue weighted by atomic mass is 9.96. The summed E-state index contributed by atoms with van der Waals surface area (Å²) in [4.78, 5) is 25.3. The molecule has 2 heterocycles. The van der Waals surface area contributed by atoms with Crippen LogP contribution < -0.4 is 20.1 Å². The van der Waals surface area contributed by atoms with Gasteiger partial charge in [0, 0.05) is 17.4 Å². The van der Waals surface area contributed by atoms with E-state index in [1.165, 1.54) is 38.6 Å². The minimum atomic E-state index is -4.69. The molecule has 36 heavy (non-hydrogen) atoms. The quantitative estimate of drug-likeness (QED) is 0.436. The van der Waals surface area contributed by atoms with Crippen molar-refractivity contribution in [3.8, 4) is 29.1 Å². The van der Waals surface area contributed by atoms with Crippen LogP contribution in [0.1, 0.15) is 36.6 Å². The van der Waals surface area contributed by atoms with Crippen LogP contribution in [0.2, 0.25) is 0 Å². The third kappa shape index (κ3) is 5.99. The Morgan fingerprint density at radius 3 is 2.56 bits per heavy atom. The Bertz CT molecular complexity index is 1310. The van der Waals surface area contributed by atoms with E-state index in [0.717, 1.165) is 6.07 Å². The Balaban J connectivity index is 1.78. The lowest BCUT2D eigenvalue weighted by Gasteiger charge is -2.16. The number of halogens is 3. The van der Waals surface area contributed by atoms with Crippen molar-refractivity contribution in [2.24, 2.45) is 0 Å². The Morgan fingerprint density at radius 2 is 1.94 bits per heavy atom. The fourth-order valence-electron chi connectivity index (χ4n) is 3.31. The van der Waals surface area contributed by atoms with Crippen LogP contribution in [0.3, 0.4) is 0 Å². The molecule has 0 fully saturated rings. The summed E-state index contributed by atoms with van der Waals surface area (Å²) in [6, 6.07) is 5.96. The lowest BCUT2D eigenvalue weighted by molar-refractivity contribution is -0.138. The molecule has 0 spiro atoms. The van der Waals surface area contributed by atoms with E-state index < -0.39 is 23.7 Å². The van der Waals surface area contributed by atoms with E-state index in [9.17, 15) is 18.0 Å². The number of carbonyl (C=O) groups is 1. The summed E-state index contributed by atoms with van der Waals surface area (Å²) in [6.07, 6.45) is -1.79. The molecule has 0 saturated carbocycles. The largest absolute Gasteiger partial charge is 0.488 e. The van der Waals surface area contributed by atoms with Crippen molar-refractivity contribution in [1.82, 2.24) is 15.0 Å². The molecule has 1 unspecified atom stereocenters. The maximum absolute atomic E-state index is 13.5. The number of anilines is 2. The van der Waals surface area contributed by atoms with Gasteiger partial charge in [-0.3, -0.25) is 0 Å². The van der Waals surface area contributed by atoms with Crippen molar-refractivity contribution in [3.05, 3.63) is 53.5 Å². The SMILES string of the molecule is CCOc1cc(-c2ncc(NC(=O)Nc3ccc(C(C)C#N)c(C(F)(F)F)c3)c(C)n2)cnc1OC. The average molecular weight is 500 g/mol. The minimum absolute atomic E-state index is 0.0864. The van der Waals surface area contributed by atoms with Gasteiger partial charge < -0.3 is 20.1 Å². The molecule has 0 aliphatic heterocycles. The monoisotopic (exact) mass is 500 g/mol. The van der Waals surface area contributed by atoms with E-state index in [0.29, 0.717) is 35.3 Å². The van der Waals surface area contributed by atoms with E-state index in [1.807, 2.05) is 6.92 Å². The van der Waals surface area contributed by atoms with Crippen LogP contribution in [0.5, 0.6) is 11.6 Å². The van der Waals surface area contributed by atoms with Gasteiger partial charge in [0.25, 0.3) is 5.88 Å². The summed E-state index contributed by atoms with van der Waals surface area (Å²) in [7, 11) is 1.47. The highest BCUT2D eigenvalue weighted by Crippen LogP contribution is 2.37. The number of carbonyl (C=O) groups excluding carboxylic acids is 1. The van der Waals surface area contributed by atoms with Gasteiger partial charge in [-0.1, -0.05) is 6.07 Å². The van der Waals surface area contributed by atoms with Gasteiger partial charge in [0.1, 0.15) is 0 Å². The van der Waals surface area contributed by atoms with Crippen LogP contribution in [0.15, 0.2) is 36.7 Å². The molecular formula is C24H23F3N6O3. The normalized spacial score (nSPS) is 11.8. The summed E-state index contributed by atoms with van der Waals surface area (Å²) < 4.78 is 51.1. The molecular weight excluding hydrogens is 477 g/mol. The van der Waals surface area contributed by atoms with Gasteiger partial charge in [-0.25, -0.2) is 19.7 Å². The number of nitrogens with one attached hydrogen (secondary N) is 2. The van der Waals surface area contributed by atoms with Crippen LogP contribution in [0.25, 0.3) is 11.4 Å². The highest BCUT2D eigenvalue weighted by Gasteiger charge is 2.35. The fourth-order valence-corrected chi connectivity index (χ4v) is 3.31.